The Balaban J connectivity index is 0. The van der Waals surface area contributed by atoms with Crippen LogP contribution in [0.4, 0.5) is 9.59 Å². The second kappa shape index (κ2) is 13.0. The van der Waals surface area contributed by atoms with Crippen molar-refractivity contribution in [2.75, 3.05) is 6.61 Å². The van der Waals surface area contributed by atoms with Gasteiger partial charge in [0, 0.05) is 0 Å². The number of hydrogen-bond donors (Lipinski definition) is 4. The lowest BCUT2D eigenvalue weighted by atomic mass is 9.91. The summed E-state index contributed by atoms with van der Waals surface area (Å²) in [5.74, 6) is -0.504. The highest BCUT2D eigenvalue weighted by molar-refractivity contribution is 5.84. The molecule has 0 aromatic carbocycles. The van der Waals surface area contributed by atoms with Gasteiger partial charge in [-0.2, -0.15) is 0 Å². The molecule has 0 aliphatic carbocycles. The quantitative estimate of drug-likeness (QED) is 0.398. The molecular weight excluding hydrogens is 428 g/mol. The van der Waals surface area contributed by atoms with Crippen molar-refractivity contribution in [1.82, 2.24) is 10.6 Å². The van der Waals surface area contributed by atoms with Crippen LogP contribution in [0.25, 0.3) is 0 Å². The van der Waals surface area contributed by atoms with Crippen LogP contribution in [0.2, 0.25) is 0 Å². The molecule has 0 spiro atoms. The Bertz CT molecular complexity index is 636. The standard InChI is InChI=1S/C12H23NO4.C12H25NO3/c1-8(2)7-12(6,9(14)15)13-10(16)17-11(3,4)5;1-9(2)7-12(6,8-14)13-10(15)16-11(3,4)5/h8H,7H2,1-6H3,(H,13,16)(H,14,15);9,14H,7-8H2,1-6H3,(H,13,15). The Morgan fingerprint density at radius 1 is 0.727 bits per heavy atom. The van der Waals surface area contributed by atoms with Crippen molar-refractivity contribution in [1.29, 1.82) is 0 Å². The molecule has 9 heteroatoms. The summed E-state index contributed by atoms with van der Waals surface area (Å²) in [6, 6.07) is 0. The lowest BCUT2D eigenvalue weighted by Crippen LogP contribution is -2.54. The molecule has 0 radical (unpaired) electrons. The number of carbonyl (C=O) groups excluding carboxylic acids is 2. The molecule has 0 aliphatic heterocycles. The molecule has 33 heavy (non-hydrogen) atoms. The highest BCUT2D eigenvalue weighted by Gasteiger charge is 2.37. The maximum Gasteiger partial charge on any atom is 0.408 e. The highest BCUT2D eigenvalue weighted by atomic mass is 16.6. The zero-order chi connectivity index (χ0) is 26.8. The fourth-order valence-electron chi connectivity index (χ4n) is 3.14. The second-order valence-corrected chi connectivity index (χ2v) is 11.8. The van der Waals surface area contributed by atoms with Crippen LogP contribution in [0.15, 0.2) is 0 Å². The van der Waals surface area contributed by atoms with E-state index in [0.717, 1.165) is 0 Å². The molecular formula is C24H48N2O7. The number of aliphatic carboxylic acids is 1. The fraction of sp³-hybridized carbons (Fsp3) is 0.875. The maximum atomic E-state index is 11.6. The summed E-state index contributed by atoms with van der Waals surface area (Å²) in [7, 11) is 0. The van der Waals surface area contributed by atoms with E-state index in [1.165, 1.54) is 6.92 Å². The summed E-state index contributed by atoms with van der Waals surface area (Å²) in [6.45, 7) is 21.7. The minimum absolute atomic E-state index is 0.0928. The number of carbonyl (C=O) groups is 3. The molecule has 4 N–H and O–H groups in total. The number of ether oxygens (including phenoxy) is 2. The first-order valence-corrected chi connectivity index (χ1v) is 11.4. The number of carboxylic acids is 1. The van der Waals surface area contributed by atoms with Gasteiger partial charge >= 0.3 is 18.2 Å². The minimum Gasteiger partial charge on any atom is -0.480 e. The van der Waals surface area contributed by atoms with E-state index >= 15 is 0 Å². The van der Waals surface area contributed by atoms with Crippen molar-refractivity contribution in [2.24, 2.45) is 11.8 Å². The summed E-state index contributed by atoms with van der Waals surface area (Å²) in [5.41, 5.74) is -3.06. The molecule has 2 atom stereocenters. The van der Waals surface area contributed by atoms with Crippen LogP contribution < -0.4 is 10.6 Å². The van der Waals surface area contributed by atoms with Gasteiger partial charge in [0.15, 0.2) is 0 Å². The number of nitrogens with one attached hydrogen (secondary N) is 2. The number of hydrogen-bond acceptors (Lipinski definition) is 6. The molecule has 0 bridgehead atoms. The predicted octanol–water partition coefficient (Wildman–Crippen LogP) is 4.71. The number of aliphatic hydroxyl groups excluding tert-OH is 1. The Labute approximate surface area is 200 Å². The van der Waals surface area contributed by atoms with E-state index in [1.807, 2.05) is 55.4 Å². The zero-order valence-electron chi connectivity index (χ0n) is 22.7. The summed E-state index contributed by atoms with van der Waals surface area (Å²) in [5, 5.41) is 23.6. The van der Waals surface area contributed by atoms with E-state index in [0.29, 0.717) is 18.8 Å². The zero-order valence-corrected chi connectivity index (χ0v) is 22.7. The van der Waals surface area contributed by atoms with Crippen LogP contribution in [0.3, 0.4) is 0 Å². The number of carboxylic acid groups (broad SMARTS) is 1. The first-order valence-electron chi connectivity index (χ1n) is 11.4. The van der Waals surface area contributed by atoms with Crippen LogP contribution >= 0.6 is 0 Å². The predicted molar refractivity (Wildman–Crippen MR) is 129 cm³/mol. The SMILES string of the molecule is CC(C)CC(C)(CO)NC(=O)OC(C)(C)C.CC(C)CC(C)(NC(=O)OC(C)(C)C)C(=O)O. The summed E-state index contributed by atoms with van der Waals surface area (Å²) in [4.78, 5) is 34.3. The molecule has 0 fully saturated rings. The molecule has 2 unspecified atom stereocenters. The van der Waals surface area contributed by atoms with Crippen LogP contribution in [-0.2, 0) is 14.3 Å². The van der Waals surface area contributed by atoms with Gasteiger partial charge in [-0.05, 0) is 80.1 Å². The first kappa shape index (κ1) is 33.1. The van der Waals surface area contributed by atoms with E-state index < -0.39 is 40.4 Å². The van der Waals surface area contributed by atoms with Crippen molar-refractivity contribution in [3.05, 3.63) is 0 Å². The van der Waals surface area contributed by atoms with Gasteiger partial charge < -0.3 is 30.3 Å². The van der Waals surface area contributed by atoms with Crippen molar-refractivity contribution in [3.8, 4) is 0 Å². The maximum absolute atomic E-state index is 11.6. The summed E-state index contributed by atoms with van der Waals surface area (Å²) >= 11 is 0. The van der Waals surface area contributed by atoms with Crippen LogP contribution in [0.5, 0.6) is 0 Å². The van der Waals surface area contributed by atoms with Gasteiger partial charge in [-0.15, -0.1) is 0 Å². The summed E-state index contributed by atoms with van der Waals surface area (Å²) < 4.78 is 10.2. The summed E-state index contributed by atoms with van der Waals surface area (Å²) in [6.07, 6.45) is -0.127. The van der Waals surface area contributed by atoms with Crippen LogP contribution in [-0.4, -0.2) is 57.3 Å². The molecule has 0 aromatic rings. The lowest BCUT2D eigenvalue weighted by Gasteiger charge is -2.31. The Hall–Kier alpha value is -2.03. The number of aliphatic hydroxyl groups is 1. The molecule has 0 saturated heterocycles. The topological polar surface area (TPSA) is 134 Å². The van der Waals surface area contributed by atoms with E-state index in [2.05, 4.69) is 10.6 Å². The Kier molecular flexibility index (Phi) is 13.1. The van der Waals surface area contributed by atoms with Gasteiger partial charge in [-0.1, -0.05) is 27.7 Å². The third-order valence-electron chi connectivity index (χ3n) is 4.08. The van der Waals surface area contributed by atoms with Gasteiger partial charge in [-0.25, -0.2) is 14.4 Å². The van der Waals surface area contributed by atoms with Gasteiger partial charge in [0.1, 0.15) is 16.7 Å². The molecule has 0 aromatic heterocycles. The third kappa shape index (κ3) is 17.2. The average molecular weight is 477 g/mol. The average Bonchev–Trinajstić information content (AvgIpc) is 2.49. The number of rotatable bonds is 8. The molecule has 2 amide bonds. The van der Waals surface area contributed by atoms with Gasteiger partial charge in [-0.3, -0.25) is 0 Å². The molecule has 0 aliphatic rings. The van der Waals surface area contributed by atoms with E-state index in [9.17, 15) is 19.5 Å². The van der Waals surface area contributed by atoms with Crippen molar-refractivity contribution in [3.63, 3.8) is 0 Å². The van der Waals surface area contributed by atoms with Crippen molar-refractivity contribution >= 4 is 18.2 Å². The van der Waals surface area contributed by atoms with Gasteiger partial charge in [0.2, 0.25) is 0 Å². The second-order valence-electron chi connectivity index (χ2n) is 11.8. The van der Waals surface area contributed by atoms with Gasteiger partial charge in [0.05, 0.1) is 12.1 Å². The van der Waals surface area contributed by atoms with Crippen molar-refractivity contribution < 1.29 is 34.1 Å². The Morgan fingerprint density at radius 2 is 1.09 bits per heavy atom. The molecule has 0 saturated carbocycles. The van der Waals surface area contributed by atoms with Crippen molar-refractivity contribution in [2.45, 2.75) is 118 Å². The third-order valence-corrected chi connectivity index (χ3v) is 4.08. The number of alkyl carbamates (subject to hydrolysis) is 2. The van der Waals surface area contributed by atoms with Crippen LogP contribution in [0, 0.1) is 11.8 Å². The van der Waals surface area contributed by atoms with E-state index in [1.54, 1.807) is 20.8 Å². The monoisotopic (exact) mass is 476 g/mol. The van der Waals surface area contributed by atoms with Gasteiger partial charge in [0.25, 0.3) is 0 Å². The van der Waals surface area contributed by atoms with E-state index in [4.69, 9.17) is 14.6 Å². The molecule has 196 valence electrons. The first-order chi connectivity index (χ1) is 14.5. The Morgan fingerprint density at radius 3 is 1.36 bits per heavy atom. The normalized spacial score (nSPS) is 15.5. The minimum atomic E-state index is -1.30. The number of amides is 2. The fourth-order valence-corrected chi connectivity index (χ4v) is 3.14. The lowest BCUT2D eigenvalue weighted by molar-refractivity contribution is -0.144. The smallest absolute Gasteiger partial charge is 0.408 e. The molecule has 0 heterocycles. The molecule has 9 nitrogen and oxygen atoms in total. The largest absolute Gasteiger partial charge is 0.480 e. The molecule has 0 rings (SSSR count). The van der Waals surface area contributed by atoms with E-state index in [-0.39, 0.29) is 12.5 Å². The highest BCUT2D eigenvalue weighted by Crippen LogP contribution is 2.19. The van der Waals surface area contributed by atoms with Crippen LogP contribution in [0.1, 0.15) is 95.9 Å².